The van der Waals surface area contributed by atoms with Gasteiger partial charge in [0.2, 0.25) is 0 Å². The van der Waals surface area contributed by atoms with E-state index in [0.29, 0.717) is 31.1 Å². The fourth-order valence-electron chi connectivity index (χ4n) is 2.24. The molecule has 0 fully saturated rings. The maximum Gasteiger partial charge on any atom is 0.175 e. The minimum atomic E-state index is -0.679. The lowest BCUT2D eigenvalue weighted by molar-refractivity contribution is 0.173. The van der Waals surface area contributed by atoms with E-state index >= 15 is 0 Å². The van der Waals surface area contributed by atoms with Gasteiger partial charge in [-0.1, -0.05) is 0 Å². The molecule has 7 heteroatoms. The van der Waals surface area contributed by atoms with Crippen LogP contribution >= 0.6 is 15.9 Å². The summed E-state index contributed by atoms with van der Waals surface area (Å²) in [6, 6.07) is 3.68. The van der Waals surface area contributed by atoms with Crippen LogP contribution in [0.3, 0.4) is 0 Å². The number of ether oxygens (including phenoxy) is 2. The van der Waals surface area contributed by atoms with Crippen LogP contribution in [0, 0.1) is 0 Å². The van der Waals surface area contributed by atoms with E-state index in [4.69, 9.17) is 9.47 Å². The Morgan fingerprint density at radius 2 is 2.19 bits per heavy atom. The molecule has 3 rings (SSSR count). The topological polar surface area (TPSA) is 69.4 Å². The number of aryl methyl sites for hydroxylation is 1. The SMILES string of the molecule is Cn1ncnc1CC(O)c1cc(Br)c2c(c1)OCCCO2. The van der Waals surface area contributed by atoms with Crippen molar-refractivity contribution in [3.63, 3.8) is 0 Å². The van der Waals surface area contributed by atoms with E-state index < -0.39 is 6.10 Å². The molecule has 0 aliphatic carbocycles. The van der Waals surface area contributed by atoms with E-state index in [1.807, 2.05) is 12.1 Å². The van der Waals surface area contributed by atoms with E-state index in [0.717, 1.165) is 22.3 Å². The lowest BCUT2D eigenvalue weighted by atomic mass is 10.1. The Bertz CT molecular complexity index is 644. The van der Waals surface area contributed by atoms with Gasteiger partial charge >= 0.3 is 0 Å². The van der Waals surface area contributed by atoms with E-state index in [1.54, 1.807) is 11.7 Å². The number of halogens is 1. The number of aromatic nitrogens is 3. The molecule has 0 saturated heterocycles. The van der Waals surface area contributed by atoms with E-state index in [9.17, 15) is 5.11 Å². The van der Waals surface area contributed by atoms with Crippen molar-refractivity contribution in [2.75, 3.05) is 13.2 Å². The van der Waals surface area contributed by atoms with E-state index in [1.165, 1.54) is 6.33 Å². The second-order valence-corrected chi connectivity index (χ2v) is 5.75. The molecule has 21 heavy (non-hydrogen) atoms. The summed E-state index contributed by atoms with van der Waals surface area (Å²) in [4.78, 5) is 4.13. The highest BCUT2D eigenvalue weighted by Gasteiger charge is 2.19. The number of hydrogen-bond acceptors (Lipinski definition) is 5. The van der Waals surface area contributed by atoms with Crippen molar-refractivity contribution in [3.05, 3.63) is 34.3 Å². The average molecular weight is 354 g/mol. The number of fused-ring (bicyclic) bond motifs is 1. The molecule has 1 atom stereocenters. The molecule has 2 heterocycles. The summed E-state index contributed by atoms with van der Waals surface area (Å²) in [6.45, 7) is 1.24. The van der Waals surface area contributed by atoms with Crippen molar-refractivity contribution in [1.82, 2.24) is 14.8 Å². The number of nitrogens with zero attached hydrogens (tertiary/aromatic N) is 3. The fraction of sp³-hybridized carbons (Fsp3) is 0.429. The maximum atomic E-state index is 10.4. The smallest absolute Gasteiger partial charge is 0.175 e. The van der Waals surface area contributed by atoms with Gasteiger partial charge in [-0.05, 0) is 33.6 Å². The van der Waals surface area contributed by atoms with Crippen LogP contribution in [0.5, 0.6) is 11.5 Å². The third-order valence-corrected chi connectivity index (χ3v) is 3.98. The van der Waals surface area contributed by atoms with Gasteiger partial charge in [-0.25, -0.2) is 4.98 Å². The quantitative estimate of drug-likeness (QED) is 0.913. The molecule has 0 spiro atoms. The first kappa shape index (κ1) is 14.3. The van der Waals surface area contributed by atoms with Crippen LogP contribution < -0.4 is 9.47 Å². The molecule has 0 bridgehead atoms. The molecule has 0 amide bonds. The van der Waals surface area contributed by atoms with Gasteiger partial charge in [-0.2, -0.15) is 5.10 Å². The van der Waals surface area contributed by atoms with Gasteiger partial charge in [-0.15, -0.1) is 0 Å². The molecule has 1 unspecified atom stereocenters. The number of benzene rings is 1. The first-order valence-electron chi connectivity index (χ1n) is 6.75. The molecule has 6 nitrogen and oxygen atoms in total. The standard InChI is InChI=1S/C14H16BrN3O3/c1-18-13(16-8-17-18)7-11(19)9-5-10(15)14-12(6-9)20-3-2-4-21-14/h5-6,8,11,19H,2-4,7H2,1H3. The zero-order chi connectivity index (χ0) is 14.8. The van der Waals surface area contributed by atoms with Crippen LogP contribution in [-0.4, -0.2) is 33.1 Å². The Morgan fingerprint density at radius 1 is 1.38 bits per heavy atom. The summed E-state index contributed by atoms with van der Waals surface area (Å²) in [6.07, 6.45) is 2.04. The number of rotatable bonds is 3. The van der Waals surface area contributed by atoms with E-state index in [-0.39, 0.29) is 0 Å². The summed E-state index contributed by atoms with van der Waals surface area (Å²) in [5.41, 5.74) is 0.758. The van der Waals surface area contributed by atoms with Gasteiger partial charge < -0.3 is 14.6 Å². The van der Waals surface area contributed by atoms with Crippen molar-refractivity contribution in [1.29, 1.82) is 0 Å². The van der Waals surface area contributed by atoms with Gasteiger partial charge in [0.25, 0.3) is 0 Å². The largest absolute Gasteiger partial charge is 0.490 e. The van der Waals surface area contributed by atoms with Gasteiger partial charge in [-0.3, -0.25) is 4.68 Å². The highest BCUT2D eigenvalue weighted by Crippen LogP contribution is 2.39. The Labute approximate surface area is 130 Å². The summed E-state index contributed by atoms with van der Waals surface area (Å²) in [5.74, 6) is 2.08. The van der Waals surface area contributed by atoms with E-state index in [2.05, 4.69) is 26.0 Å². The van der Waals surface area contributed by atoms with Gasteiger partial charge in [0.1, 0.15) is 12.2 Å². The Balaban J connectivity index is 1.86. The van der Waals surface area contributed by atoms with Crippen molar-refractivity contribution in [2.24, 2.45) is 7.05 Å². The Morgan fingerprint density at radius 3 is 2.95 bits per heavy atom. The number of aliphatic hydroxyl groups is 1. The molecule has 1 aromatic heterocycles. The normalized spacial score (nSPS) is 15.6. The first-order chi connectivity index (χ1) is 10.1. The summed E-state index contributed by atoms with van der Waals surface area (Å²) in [5, 5.41) is 14.4. The van der Waals surface area contributed by atoms with Gasteiger partial charge in [0.15, 0.2) is 11.5 Å². The number of hydrogen-bond donors (Lipinski definition) is 1. The second kappa shape index (κ2) is 6.03. The highest BCUT2D eigenvalue weighted by atomic mass is 79.9. The number of aliphatic hydroxyl groups excluding tert-OH is 1. The fourth-order valence-corrected chi connectivity index (χ4v) is 2.81. The lowest BCUT2D eigenvalue weighted by Gasteiger charge is -2.15. The van der Waals surface area contributed by atoms with Crippen LogP contribution in [0.15, 0.2) is 22.9 Å². The van der Waals surface area contributed by atoms with Crippen molar-refractivity contribution < 1.29 is 14.6 Å². The highest BCUT2D eigenvalue weighted by molar-refractivity contribution is 9.10. The van der Waals surface area contributed by atoms with Crippen LogP contribution in [0.1, 0.15) is 23.9 Å². The van der Waals surface area contributed by atoms with Gasteiger partial charge in [0.05, 0.1) is 23.8 Å². The molecule has 0 saturated carbocycles. The predicted molar refractivity (Wildman–Crippen MR) is 79.4 cm³/mol. The van der Waals surface area contributed by atoms with Crippen LogP contribution in [0.25, 0.3) is 0 Å². The van der Waals surface area contributed by atoms with Gasteiger partial charge in [0, 0.05) is 19.9 Å². The molecular weight excluding hydrogens is 338 g/mol. The molecule has 1 aliphatic heterocycles. The lowest BCUT2D eigenvalue weighted by Crippen LogP contribution is -2.08. The predicted octanol–water partition coefficient (Wildman–Crippen LogP) is 2.01. The minimum absolute atomic E-state index is 0.391. The zero-order valence-corrected chi connectivity index (χ0v) is 13.2. The van der Waals surface area contributed by atoms with Crippen LogP contribution in [0.4, 0.5) is 0 Å². The Hall–Kier alpha value is -1.60. The van der Waals surface area contributed by atoms with Crippen molar-refractivity contribution in [2.45, 2.75) is 18.9 Å². The molecule has 0 radical (unpaired) electrons. The maximum absolute atomic E-state index is 10.4. The molecular formula is C14H16BrN3O3. The summed E-state index contributed by atoms with van der Waals surface area (Å²) < 4.78 is 13.8. The Kier molecular flexibility index (Phi) is 4.12. The summed E-state index contributed by atoms with van der Waals surface area (Å²) in [7, 11) is 1.80. The molecule has 2 aromatic rings. The minimum Gasteiger partial charge on any atom is -0.490 e. The third-order valence-electron chi connectivity index (χ3n) is 3.39. The molecule has 112 valence electrons. The molecule has 1 N–H and O–H groups in total. The first-order valence-corrected chi connectivity index (χ1v) is 7.54. The molecule has 1 aromatic carbocycles. The van der Waals surface area contributed by atoms with Crippen LogP contribution in [0.2, 0.25) is 0 Å². The summed E-state index contributed by atoms with van der Waals surface area (Å²) >= 11 is 3.48. The zero-order valence-electron chi connectivity index (χ0n) is 11.6. The van der Waals surface area contributed by atoms with Crippen molar-refractivity contribution in [3.8, 4) is 11.5 Å². The molecule has 1 aliphatic rings. The average Bonchev–Trinajstić information content (AvgIpc) is 2.73. The van der Waals surface area contributed by atoms with Crippen molar-refractivity contribution >= 4 is 15.9 Å². The second-order valence-electron chi connectivity index (χ2n) is 4.90. The van der Waals surface area contributed by atoms with Crippen LogP contribution in [-0.2, 0) is 13.5 Å². The monoisotopic (exact) mass is 353 g/mol. The third kappa shape index (κ3) is 3.03.